The monoisotopic (exact) mass is 214 g/mol. The van der Waals surface area contributed by atoms with Gasteiger partial charge >= 0.3 is 5.97 Å². The van der Waals surface area contributed by atoms with Gasteiger partial charge in [0.1, 0.15) is 5.54 Å². The summed E-state index contributed by atoms with van der Waals surface area (Å²) in [7, 11) is 0. The van der Waals surface area contributed by atoms with Crippen molar-refractivity contribution in [2.45, 2.75) is 38.6 Å². The van der Waals surface area contributed by atoms with Gasteiger partial charge in [0.2, 0.25) is 0 Å². The molecule has 1 aliphatic heterocycles. The Kier molecular flexibility index (Phi) is 4.54. The van der Waals surface area contributed by atoms with Gasteiger partial charge in [-0.25, -0.2) is 0 Å². The number of carbonyl (C=O) groups is 1. The first-order chi connectivity index (χ1) is 7.08. The van der Waals surface area contributed by atoms with Gasteiger partial charge in [-0.3, -0.25) is 4.79 Å². The average Bonchev–Trinajstić information content (AvgIpc) is 2.70. The largest absolute Gasteiger partial charge is 0.480 e. The van der Waals surface area contributed by atoms with Crippen LogP contribution in [-0.4, -0.2) is 47.7 Å². The number of nitrogens with one attached hydrogen (secondary N) is 1. The summed E-state index contributed by atoms with van der Waals surface area (Å²) in [5.41, 5.74) is -0.764. The van der Waals surface area contributed by atoms with Crippen molar-refractivity contribution in [2.24, 2.45) is 0 Å². The number of carboxylic acid groups (broad SMARTS) is 1. The maximum Gasteiger partial charge on any atom is 0.323 e. The van der Waals surface area contributed by atoms with E-state index < -0.39 is 11.5 Å². The molecule has 0 bridgehead atoms. The summed E-state index contributed by atoms with van der Waals surface area (Å²) in [5.74, 6) is -0.758. The molecular formula is C11H22N2O2. The summed E-state index contributed by atoms with van der Waals surface area (Å²) in [6, 6.07) is 0. The molecule has 1 heterocycles. The van der Waals surface area contributed by atoms with Crippen molar-refractivity contribution < 1.29 is 9.90 Å². The molecule has 1 fully saturated rings. The van der Waals surface area contributed by atoms with Crippen LogP contribution in [-0.2, 0) is 4.79 Å². The van der Waals surface area contributed by atoms with E-state index in [9.17, 15) is 4.79 Å². The molecule has 0 radical (unpaired) electrons. The molecule has 0 aromatic rings. The van der Waals surface area contributed by atoms with E-state index in [4.69, 9.17) is 5.11 Å². The van der Waals surface area contributed by atoms with Crippen molar-refractivity contribution in [3.63, 3.8) is 0 Å². The van der Waals surface area contributed by atoms with Gasteiger partial charge in [-0.2, -0.15) is 0 Å². The minimum Gasteiger partial charge on any atom is -0.480 e. The third kappa shape index (κ3) is 3.47. The quantitative estimate of drug-likeness (QED) is 0.690. The van der Waals surface area contributed by atoms with Crippen LogP contribution in [0.1, 0.15) is 33.1 Å². The van der Waals surface area contributed by atoms with E-state index >= 15 is 0 Å². The smallest absolute Gasteiger partial charge is 0.323 e. The molecule has 2 N–H and O–H groups in total. The lowest BCUT2D eigenvalue weighted by Crippen LogP contribution is -2.51. The molecule has 4 nitrogen and oxygen atoms in total. The number of rotatable bonds is 6. The summed E-state index contributed by atoms with van der Waals surface area (Å²) in [4.78, 5) is 13.4. The van der Waals surface area contributed by atoms with Crippen molar-refractivity contribution in [1.29, 1.82) is 0 Å². The third-order valence-electron chi connectivity index (χ3n) is 3.32. The maximum absolute atomic E-state index is 11.0. The van der Waals surface area contributed by atoms with E-state index in [0.717, 1.165) is 26.2 Å². The molecule has 0 aliphatic carbocycles. The zero-order valence-electron chi connectivity index (χ0n) is 9.75. The van der Waals surface area contributed by atoms with Crippen molar-refractivity contribution in [1.82, 2.24) is 10.2 Å². The standard InChI is InChI=1S/C11H22N2O2/c1-3-11(2,10(14)15)12-6-9-13-7-4-5-8-13/h12H,3-9H2,1-2H3,(H,14,15). The molecule has 4 heteroatoms. The number of nitrogens with zero attached hydrogens (tertiary/aromatic N) is 1. The van der Waals surface area contributed by atoms with Crippen LogP contribution in [0.3, 0.4) is 0 Å². The van der Waals surface area contributed by atoms with Crippen molar-refractivity contribution in [2.75, 3.05) is 26.2 Å². The number of likely N-dealkylation sites (tertiary alicyclic amines) is 1. The minimum atomic E-state index is -0.764. The highest BCUT2D eigenvalue weighted by Gasteiger charge is 2.30. The van der Waals surface area contributed by atoms with Crippen LogP contribution in [0.5, 0.6) is 0 Å². The minimum absolute atomic E-state index is 0.613. The van der Waals surface area contributed by atoms with E-state index in [-0.39, 0.29) is 0 Å². The Morgan fingerprint density at radius 3 is 2.53 bits per heavy atom. The predicted molar refractivity (Wildman–Crippen MR) is 60.0 cm³/mol. The molecule has 1 saturated heterocycles. The van der Waals surface area contributed by atoms with Gasteiger partial charge < -0.3 is 15.3 Å². The van der Waals surface area contributed by atoms with Crippen LogP contribution in [0.2, 0.25) is 0 Å². The van der Waals surface area contributed by atoms with Crippen LogP contribution >= 0.6 is 0 Å². The summed E-state index contributed by atoms with van der Waals surface area (Å²) in [5, 5.41) is 12.2. The highest BCUT2D eigenvalue weighted by atomic mass is 16.4. The fourth-order valence-electron chi connectivity index (χ4n) is 1.85. The molecule has 0 aromatic heterocycles. The van der Waals surface area contributed by atoms with Gasteiger partial charge in [-0.1, -0.05) is 6.92 Å². The predicted octanol–water partition coefficient (Wildman–Crippen LogP) is 0.925. The zero-order valence-corrected chi connectivity index (χ0v) is 9.75. The molecule has 1 rings (SSSR count). The van der Waals surface area contributed by atoms with Gasteiger partial charge in [-0.15, -0.1) is 0 Å². The molecule has 88 valence electrons. The maximum atomic E-state index is 11.0. The first-order valence-electron chi connectivity index (χ1n) is 5.79. The number of aliphatic carboxylic acids is 1. The molecular weight excluding hydrogens is 192 g/mol. The van der Waals surface area contributed by atoms with Gasteiger partial charge in [0.15, 0.2) is 0 Å². The first kappa shape index (κ1) is 12.5. The Bertz CT molecular complexity index is 215. The molecule has 0 amide bonds. The van der Waals surface area contributed by atoms with Crippen LogP contribution in [0.15, 0.2) is 0 Å². The van der Waals surface area contributed by atoms with E-state index in [2.05, 4.69) is 10.2 Å². The highest BCUT2D eigenvalue weighted by Crippen LogP contribution is 2.10. The van der Waals surface area contributed by atoms with Gasteiger partial charge in [-0.05, 0) is 39.3 Å². The molecule has 1 aliphatic rings. The molecule has 0 saturated carbocycles. The lowest BCUT2D eigenvalue weighted by Gasteiger charge is -2.26. The van der Waals surface area contributed by atoms with Crippen LogP contribution in [0.25, 0.3) is 0 Å². The summed E-state index contributed by atoms with van der Waals surface area (Å²) >= 11 is 0. The average molecular weight is 214 g/mol. The second-order valence-electron chi connectivity index (χ2n) is 4.47. The third-order valence-corrected chi connectivity index (χ3v) is 3.32. The highest BCUT2D eigenvalue weighted by molar-refractivity contribution is 5.78. The lowest BCUT2D eigenvalue weighted by atomic mass is 9.99. The normalized spacial score (nSPS) is 21.5. The van der Waals surface area contributed by atoms with E-state index in [1.165, 1.54) is 12.8 Å². The van der Waals surface area contributed by atoms with Gasteiger partial charge in [0.25, 0.3) is 0 Å². The topological polar surface area (TPSA) is 52.6 Å². The summed E-state index contributed by atoms with van der Waals surface area (Å²) < 4.78 is 0. The fraction of sp³-hybridized carbons (Fsp3) is 0.909. The Morgan fingerprint density at radius 2 is 2.07 bits per heavy atom. The van der Waals surface area contributed by atoms with Crippen molar-refractivity contribution >= 4 is 5.97 Å². The Morgan fingerprint density at radius 1 is 1.47 bits per heavy atom. The summed E-state index contributed by atoms with van der Waals surface area (Å²) in [6.45, 7) is 7.70. The van der Waals surface area contributed by atoms with E-state index in [1.807, 2.05) is 6.92 Å². The zero-order chi connectivity index (χ0) is 11.3. The molecule has 0 spiro atoms. The fourth-order valence-corrected chi connectivity index (χ4v) is 1.85. The Labute approximate surface area is 91.6 Å². The van der Waals surface area contributed by atoms with Crippen LogP contribution in [0.4, 0.5) is 0 Å². The molecule has 1 atom stereocenters. The molecule has 15 heavy (non-hydrogen) atoms. The van der Waals surface area contributed by atoms with E-state index in [0.29, 0.717) is 6.42 Å². The van der Waals surface area contributed by atoms with Gasteiger partial charge in [0, 0.05) is 13.1 Å². The number of hydrogen-bond donors (Lipinski definition) is 2. The SMILES string of the molecule is CCC(C)(NCCN1CCCC1)C(=O)O. The van der Waals surface area contributed by atoms with Gasteiger partial charge in [0.05, 0.1) is 0 Å². The summed E-state index contributed by atoms with van der Waals surface area (Å²) in [6.07, 6.45) is 3.18. The molecule has 1 unspecified atom stereocenters. The second-order valence-corrected chi connectivity index (χ2v) is 4.47. The van der Waals surface area contributed by atoms with Crippen molar-refractivity contribution in [3.05, 3.63) is 0 Å². The van der Waals surface area contributed by atoms with Crippen LogP contribution < -0.4 is 5.32 Å². The Balaban J connectivity index is 2.25. The van der Waals surface area contributed by atoms with Crippen LogP contribution in [0, 0.1) is 0 Å². The van der Waals surface area contributed by atoms with Crippen molar-refractivity contribution in [3.8, 4) is 0 Å². The number of hydrogen-bond acceptors (Lipinski definition) is 3. The molecule has 0 aromatic carbocycles. The first-order valence-corrected chi connectivity index (χ1v) is 5.79. The Hall–Kier alpha value is -0.610. The lowest BCUT2D eigenvalue weighted by molar-refractivity contribution is -0.144. The number of carboxylic acids is 1. The van der Waals surface area contributed by atoms with E-state index in [1.54, 1.807) is 6.92 Å². The second kappa shape index (κ2) is 5.47.